The third-order valence-electron chi connectivity index (χ3n) is 4.48. The Morgan fingerprint density at radius 2 is 2.16 bits per heavy atom. The average Bonchev–Trinajstić information content (AvgIpc) is 3.11. The Kier molecular flexibility index (Phi) is 4.74. The number of rotatable bonds is 5. The third kappa shape index (κ3) is 3.50. The van der Waals surface area contributed by atoms with E-state index in [1.54, 1.807) is 12.0 Å². The maximum Gasteiger partial charge on any atom is 0.229 e. The number of hydrogen-bond acceptors (Lipinski definition) is 4. The zero-order valence-corrected chi connectivity index (χ0v) is 14.6. The molecule has 2 aromatic rings. The topological polar surface area (TPSA) is 87.3 Å². The minimum absolute atomic E-state index is 0.0227. The number of nitrogens with zero attached hydrogens (tertiary/aromatic N) is 2. The summed E-state index contributed by atoms with van der Waals surface area (Å²) in [6, 6.07) is 7.18. The zero-order chi connectivity index (χ0) is 18.0. The number of carbonyl (C=O) groups excluding carboxylic acids is 2. The Morgan fingerprint density at radius 3 is 2.84 bits per heavy atom. The van der Waals surface area contributed by atoms with Gasteiger partial charge in [-0.05, 0) is 26.0 Å². The number of ether oxygens (including phenoxy) is 1. The van der Waals surface area contributed by atoms with E-state index in [2.05, 4.69) is 15.5 Å². The molecule has 1 aromatic heterocycles. The van der Waals surface area contributed by atoms with Crippen LogP contribution in [0.2, 0.25) is 0 Å². The van der Waals surface area contributed by atoms with Gasteiger partial charge in [-0.25, -0.2) is 0 Å². The largest absolute Gasteiger partial charge is 0.495 e. The molecule has 132 valence electrons. The van der Waals surface area contributed by atoms with E-state index in [4.69, 9.17) is 4.74 Å². The predicted molar refractivity (Wildman–Crippen MR) is 93.7 cm³/mol. The molecule has 1 aromatic carbocycles. The molecule has 3 rings (SSSR count). The molecule has 1 atom stereocenters. The van der Waals surface area contributed by atoms with Crippen molar-refractivity contribution in [1.29, 1.82) is 0 Å². The smallest absolute Gasteiger partial charge is 0.229 e. The third-order valence-corrected chi connectivity index (χ3v) is 4.48. The first-order chi connectivity index (χ1) is 12.0. The standard InChI is InChI=1S/C18H22N4O3/c1-11-14(12(2)21-20-11)9-17(23)19-13-8-18(24)22(10-13)15-6-4-5-7-16(15)25-3/h4-7,13H,8-10H2,1-3H3,(H,19,23)(H,20,21). The number of nitrogens with one attached hydrogen (secondary N) is 2. The lowest BCUT2D eigenvalue weighted by atomic mass is 10.1. The van der Waals surface area contributed by atoms with Gasteiger partial charge in [0.15, 0.2) is 0 Å². The number of para-hydroxylation sites is 2. The van der Waals surface area contributed by atoms with Crippen molar-refractivity contribution in [2.75, 3.05) is 18.6 Å². The SMILES string of the molecule is COc1ccccc1N1CC(NC(=O)Cc2c(C)n[nH]c2C)CC1=O. The molecule has 0 radical (unpaired) electrons. The molecule has 0 aliphatic carbocycles. The molecule has 0 bridgehead atoms. The highest BCUT2D eigenvalue weighted by molar-refractivity contribution is 5.98. The van der Waals surface area contributed by atoms with E-state index in [0.717, 1.165) is 22.6 Å². The normalized spacial score (nSPS) is 17.0. The van der Waals surface area contributed by atoms with Crippen LogP contribution in [-0.4, -0.2) is 41.7 Å². The van der Waals surface area contributed by atoms with Gasteiger partial charge < -0.3 is 15.0 Å². The number of aromatic nitrogens is 2. The molecule has 2 N–H and O–H groups in total. The maximum atomic E-state index is 12.4. The lowest BCUT2D eigenvalue weighted by molar-refractivity contribution is -0.121. The van der Waals surface area contributed by atoms with E-state index in [9.17, 15) is 9.59 Å². The molecule has 1 aliphatic rings. The molecule has 1 aliphatic heterocycles. The molecular formula is C18H22N4O3. The predicted octanol–water partition coefficient (Wildman–Crippen LogP) is 1.50. The van der Waals surface area contributed by atoms with Crippen LogP contribution < -0.4 is 15.0 Å². The molecule has 1 fully saturated rings. The summed E-state index contributed by atoms with van der Waals surface area (Å²) < 4.78 is 5.33. The van der Waals surface area contributed by atoms with Crippen LogP contribution in [0, 0.1) is 13.8 Å². The highest BCUT2D eigenvalue weighted by Gasteiger charge is 2.33. The first kappa shape index (κ1) is 17.0. The number of aryl methyl sites for hydroxylation is 2. The summed E-state index contributed by atoms with van der Waals surface area (Å²) in [5.74, 6) is 0.519. The van der Waals surface area contributed by atoms with Crippen LogP contribution in [0.4, 0.5) is 5.69 Å². The molecule has 7 heteroatoms. The van der Waals surface area contributed by atoms with Crippen molar-refractivity contribution in [1.82, 2.24) is 15.5 Å². The number of H-pyrrole nitrogens is 1. The monoisotopic (exact) mass is 342 g/mol. The van der Waals surface area contributed by atoms with Crippen LogP contribution >= 0.6 is 0 Å². The summed E-state index contributed by atoms with van der Waals surface area (Å²) in [6.07, 6.45) is 0.542. The van der Waals surface area contributed by atoms with Crippen LogP contribution in [0.5, 0.6) is 5.75 Å². The molecule has 1 saturated heterocycles. The fraction of sp³-hybridized carbons (Fsp3) is 0.389. The maximum absolute atomic E-state index is 12.4. The van der Waals surface area contributed by atoms with Crippen molar-refractivity contribution in [3.05, 3.63) is 41.2 Å². The number of aromatic amines is 1. The van der Waals surface area contributed by atoms with Crippen molar-refractivity contribution < 1.29 is 14.3 Å². The van der Waals surface area contributed by atoms with Crippen LogP contribution in [0.25, 0.3) is 0 Å². The van der Waals surface area contributed by atoms with Gasteiger partial charge in [0.2, 0.25) is 11.8 Å². The first-order valence-electron chi connectivity index (χ1n) is 8.22. The summed E-state index contributed by atoms with van der Waals surface area (Å²) in [5, 5.41) is 9.94. The Hall–Kier alpha value is -2.83. The van der Waals surface area contributed by atoms with E-state index < -0.39 is 0 Å². The van der Waals surface area contributed by atoms with Gasteiger partial charge in [0.05, 0.1) is 31.0 Å². The van der Waals surface area contributed by atoms with Crippen LogP contribution in [0.1, 0.15) is 23.4 Å². The number of anilines is 1. The summed E-state index contributed by atoms with van der Waals surface area (Å²) in [5.41, 5.74) is 3.35. The summed E-state index contributed by atoms with van der Waals surface area (Å²) in [6.45, 7) is 4.20. The highest BCUT2D eigenvalue weighted by atomic mass is 16.5. The fourth-order valence-corrected chi connectivity index (χ4v) is 3.16. The molecule has 7 nitrogen and oxygen atoms in total. The van der Waals surface area contributed by atoms with Crippen LogP contribution in [0.3, 0.4) is 0 Å². The fourth-order valence-electron chi connectivity index (χ4n) is 3.16. The number of benzene rings is 1. The molecule has 0 spiro atoms. The van der Waals surface area contributed by atoms with E-state index in [1.807, 2.05) is 38.1 Å². The van der Waals surface area contributed by atoms with Crippen molar-refractivity contribution >= 4 is 17.5 Å². The molecular weight excluding hydrogens is 320 g/mol. The van der Waals surface area contributed by atoms with E-state index >= 15 is 0 Å². The number of methoxy groups -OCH3 is 1. The number of hydrogen-bond donors (Lipinski definition) is 2. The Morgan fingerprint density at radius 1 is 1.40 bits per heavy atom. The summed E-state index contributed by atoms with van der Waals surface area (Å²) >= 11 is 0. The van der Waals surface area contributed by atoms with Crippen LogP contribution in [-0.2, 0) is 16.0 Å². The molecule has 1 unspecified atom stereocenters. The van der Waals surface area contributed by atoms with E-state index in [0.29, 0.717) is 12.3 Å². The molecule has 25 heavy (non-hydrogen) atoms. The average molecular weight is 342 g/mol. The van der Waals surface area contributed by atoms with Gasteiger partial charge in [-0.1, -0.05) is 12.1 Å². The van der Waals surface area contributed by atoms with Crippen LogP contribution in [0.15, 0.2) is 24.3 Å². The summed E-state index contributed by atoms with van der Waals surface area (Å²) in [7, 11) is 1.58. The Balaban J connectivity index is 1.66. The van der Waals surface area contributed by atoms with Gasteiger partial charge in [-0.15, -0.1) is 0 Å². The zero-order valence-electron chi connectivity index (χ0n) is 14.6. The van der Waals surface area contributed by atoms with Gasteiger partial charge in [0.25, 0.3) is 0 Å². The minimum Gasteiger partial charge on any atom is -0.495 e. The molecule has 2 heterocycles. The number of amides is 2. The van der Waals surface area contributed by atoms with Crippen molar-refractivity contribution in [3.63, 3.8) is 0 Å². The second-order valence-corrected chi connectivity index (χ2v) is 6.23. The number of carbonyl (C=O) groups is 2. The van der Waals surface area contributed by atoms with Gasteiger partial charge in [-0.3, -0.25) is 14.7 Å². The second-order valence-electron chi connectivity index (χ2n) is 6.23. The Labute approximate surface area is 146 Å². The molecule has 0 saturated carbocycles. The lowest BCUT2D eigenvalue weighted by Gasteiger charge is -2.19. The van der Waals surface area contributed by atoms with Crippen molar-refractivity contribution in [2.24, 2.45) is 0 Å². The molecule has 2 amide bonds. The van der Waals surface area contributed by atoms with Gasteiger partial charge in [-0.2, -0.15) is 5.10 Å². The second kappa shape index (κ2) is 6.96. The quantitative estimate of drug-likeness (QED) is 0.862. The summed E-state index contributed by atoms with van der Waals surface area (Å²) in [4.78, 5) is 26.4. The van der Waals surface area contributed by atoms with Gasteiger partial charge >= 0.3 is 0 Å². The van der Waals surface area contributed by atoms with Gasteiger partial charge in [0.1, 0.15) is 5.75 Å². The lowest BCUT2D eigenvalue weighted by Crippen LogP contribution is -2.38. The Bertz CT molecular complexity index is 780. The van der Waals surface area contributed by atoms with Crippen molar-refractivity contribution in [3.8, 4) is 5.75 Å². The van der Waals surface area contributed by atoms with Crippen molar-refractivity contribution in [2.45, 2.75) is 32.7 Å². The first-order valence-corrected chi connectivity index (χ1v) is 8.22. The minimum atomic E-state index is -0.211. The highest BCUT2D eigenvalue weighted by Crippen LogP contribution is 2.31. The van der Waals surface area contributed by atoms with E-state index in [-0.39, 0.29) is 30.7 Å². The van der Waals surface area contributed by atoms with E-state index in [1.165, 1.54) is 0 Å². The van der Waals surface area contributed by atoms with Gasteiger partial charge in [0, 0.05) is 24.2 Å².